The Labute approximate surface area is 69.5 Å². The molecule has 0 amide bonds. The van der Waals surface area contributed by atoms with E-state index < -0.39 is 0 Å². The minimum atomic E-state index is 0.422. The van der Waals surface area contributed by atoms with Crippen LogP contribution in [0.5, 0.6) is 0 Å². The minimum Gasteiger partial charge on any atom is -0.373 e. The van der Waals surface area contributed by atoms with Crippen LogP contribution in [0, 0.1) is 0 Å². The number of hydrogen-bond acceptors (Lipinski definition) is 2. The molecular formula is C9H19NO. The maximum Gasteiger partial charge on any atom is 0.0678 e. The quantitative estimate of drug-likeness (QED) is 0.602. The third-order valence-electron chi connectivity index (χ3n) is 2.04. The van der Waals surface area contributed by atoms with Gasteiger partial charge in [-0.25, -0.2) is 0 Å². The molecule has 2 atom stereocenters. The average molecular weight is 157 g/mol. The second-order valence-electron chi connectivity index (χ2n) is 3.52. The van der Waals surface area contributed by atoms with Crippen molar-refractivity contribution in [3.05, 3.63) is 0 Å². The van der Waals surface area contributed by atoms with Crippen LogP contribution in [0.3, 0.4) is 0 Å². The van der Waals surface area contributed by atoms with Crippen LogP contribution in [-0.2, 0) is 4.74 Å². The molecule has 0 aromatic carbocycles. The SMILES string of the molecule is CCCN1CC(C)OC(C)C1. The largest absolute Gasteiger partial charge is 0.373 e. The Bertz CT molecular complexity index is 106. The highest BCUT2D eigenvalue weighted by Gasteiger charge is 2.20. The van der Waals surface area contributed by atoms with Gasteiger partial charge >= 0.3 is 0 Å². The van der Waals surface area contributed by atoms with Gasteiger partial charge in [-0.15, -0.1) is 0 Å². The highest BCUT2D eigenvalue weighted by Crippen LogP contribution is 2.10. The van der Waals surface area contributed by atoms with Crippen LogP contribution < -0.4 is 0 Å². The lowest BCUT2D eigenvalue weighted by atomic mass is 10.2. The first-order valence-corrected chi connectivity index (χ1v) is 4.60. The fourth-order valence-corrected chi connectivity index (χ4v) is 1.78. The van der Waals surface area contributed by atoms with E-state index in [1.54, 1.807) is 0 Å². The van der Waals surface area contributed by atoms with Crippen molar-refractivity contribution in [2.24, 2.45) is 0 Å². The molecule has 1 rings (SSSR count). The summed E-state index contributed by atoms with van der Waals surface area (Å²) in [6.45, 7) is 9.97. The summed E-state index contributed by atoms with van der Waals surface area (Å²) in [4.78, 5) is 2.48. The van der Waals surface area contributed by atoms with E-state index in [1.165, 1.54) is 13.0 Å². The van der Waals surface area contributed by atoms with Gasteiger partial charge in [0.05, 0.1) is 12.2 Å². The lowest BCUT2D eigenvalue weighted by Gasteiger charge is -2.35. The van der Waals surface area contributed by atoms with Gasteiger partial charge in [-0.05, 0) is 26.8 Å². The summed E-state index contributed by atoms with van der Waals surface area (Å²) in [5.41, 5.74) is 0. The van der Waals surface area contributed by atoms with Crippen molar-refractivity contribution in [1.29, 1.82) is 0 Å². The van der Waals surface area contributed by atoms with Crippen LogP contribution in [-0.4, -0.2) is 36.7 Å². The van der Waals surface area contributed by atoms with Crippen molar-refractivity contribution in [2.45, 2.75) is 39.4 Å². The molecule has 0 bridgehead atoms. The van der Waals surface area contributed by atoms with Gasteiger partial charge in [-0.2, -0.15) is 0 Å². The molecule has 0 aromatic heterocycles. The normalized spacial score (nSPS) is 34.1. The van der Waals surface area contributed by atoms with Crippen molar-refractivity contribution in [2.75, 3.05) is 19.6 Å². The van der Waals surface area contributed by atoms with Gasteiger partial charge in [0.1, 0.15) is 0 Å². The van der Waals surface area contributed by atoms with E-state index >= 15 is 0 Å². The Morgan fingerprint density at radius 1 is 1.27 bits per heavy atom. The highest BCUT2D eigenvalue weighted by molar-refractivity contribution is 4.72. The topological polar surface area (TPSA) is 12.5 Å². The maximum absolute atomic E-state index is 5.62. The minimum absolute atomic E-state index is 0.422. The van der Waals surface area contributed by atoms with E-state index in [9.17, 15) is 0 Å². The van der Waals surface area contributed by atoms with Crippen molar-refractivity contribution >= 4 is 0 Å². The van der Waals surface area contributed by atoms with Gasteiger partial charge in [-0.1, -0.05) is 6.92 Å². The summed E-state index contributed by atoms with van der Waals surface area (Å²) < 4.78 is 5.62. The Morgan fingerprint density at radius 3 is 2.27 bits per heavy atom. The molecule has 1 heterocycles. The zero-order chi connectivity index (χ0) is 8.27. The second-order valence-corrected chi connectivity index (χ2v) is 3.52. The molecule has 0 saturated carbocycles. The third-order valence-corrected chi connectivity index (χ3v) is 2.04. The third kappa shape index (κ3) is 2.80. The number of ether oxygens (including phenoxy) is 1. The molecule has 0 N–H and O–H groups in total. The van der Waals surface area contributed by atoms with E-state index in [-0.39, 0.29) is 0 Å². The first-order valence-electron chi connectivity index (χ1n) is 4.60. The summed E-state index contributed by atoms with van der Waals surface area (Å²) in [6, 6.07) is 0. The van der Waals surface area contributed by atoms with Gasteiger partial charge in [-0.3, -0.25) is 4.90 Å². The zero-order valence-electron chi connectivity index (χ0n) is 7.84. The van der Waals surface area contributed by atoms with Crippen LogP contribution in [0.4, 0.5) is 0 Å². The van der Waals surface area contributed by atoms with E-state index in [4.69, 9.17) is 4.74 Å². The van der Waals surface area contributed by atoms with Gasteiger partial charge in [0.2, 0.25) is 0 Å². The molecule has 0 radical (unpaired) electrons. The molecule has 1 aliphatic rings. The van der Waals surface area contributed by atoms with Crippen LogP contribution in [0.15, 0.2) is 0 Å². The van der Waals surface area contributed by atoms with Crippen molar-refractivity contribution in [3.8, 4) is 0 Å². The Kier molecular flexibility index (Phi) is 3.34. The monoisotopic (exact) mass is 157 g/mol. The molecule has 2 nitrogen and oxygen atoms in total. The lowest BCUT2D eigenvalue weighted by Crippen LogP contribution is -2.45. The summed E-state index contributed by atoms with van der Waals surface area (Å²) in [5.74, 6) is 0. The summed E-state index contributed by atoms with van der Waals surface area (Å²) in [6.07, 6.45) is 2.09. The van der Waals surface area contributed by atoms with E-state index in [1.807, 2.05) is 0 Å². The Hall–Kier alpha value is -0.0800. The molecule has 0 spiro atoms. The second kappa shape index (κ2) is 4.07. The van der Waals surface area contributed by atoms with Gasteiger partial charge in [0.25, 0.3) is 0 Å². The summed E-state index contributed by atoms with van der Waals surface area (Å²) in [5, 5.41) is 0. The molecule has 1 fully saturated rings. The number of morpholine rings is 1. The first-order chi connectivity index (χ1) is 5.22. The molecule has 1 aliphatic heterocycles. The molecule has 11 heavy (non-hydrogen) atoms. The fraction of sp³-hybridized carbons (Fsp3) is 1.00. The predicted molar refractivity (Wildman–Crippen MR) is 46.7 cm³/mol. The van der Waals surface area contributed by atoms with E-state index in [2.05, 4.69) is 25.7 Å². The molecule has 66 valence electrons. The number of nitrogens with zero attached hydrogens (tertiary/aromatic N) is 1. The Morgan fingerprint density at radius 2 is 1.82 bits per heavy atom. The van der Waals surface area contributed by atoms with E-state index in [0.29, 0.717) is 12.2 Å². The average Bonchev–Trinajstić information content (AvgIpc) is 1.85. The number of hydrogen-bond donors (Lipinski definition) is 0. The summed E-state index contributed by atoms with van der Waals surface area (Å²) in [7, 11) is 0. The molecule has 2 unspecified atom stereocenters. The van der Waals surface area contributed by atoms with Gasteiger partial charge in [0, 0.05) is 13.1 Å². The van der Waals surface area contributed by atoms with Crippen LogP contribution in [0.2, 0.25) is 0 Å². The van der Waals surface area contributed by atoms with E-state index in [0.717, 1.165) is 13.1 Å². The van der Waals surface area contributed by atoms with Crippen LogP contribution in [0.25, 0.3) is 0 Å². The van der Waals surface area contributed by atoms with Gasteiger partial charge in [0.15, 0.2) is 0 Å². The zero-order valence-corrected chi connectivity index (χ0v) is 7.84. The first kappa shape index (κ1) is 9.01. The maximum atomic E-state index is 5.62. The molecule has 0 aromatic rings. The lowest BCUT2D eigenvalue weighted by molar-refractivity contribution is -0.0677. The van der Waals surface area contributed by atoms with Gasteiger partial charge < -0.3 is 4.74 Å². The fourth-order valence-electron chi connectivity index (χ4n) is 1.78. The van der Waals surface area contributed by atoms with Crippen LogP contribution in [0.1, 0.15) is 27.2 Å². The number of rotatable bonds is 2. The highest BCUT2D eigenvalue weighted by atomic mass is 16.5. The van der Waals surface area contributed by atoms with Crippen molar-refractivity contribution in [1.82, 2.24) is 4.90 Å². The smallest absolute Gasteiger partial charge is 0.0678 e. The van der Waals surface area contributed by atoms with Crippen LogP contribution >= 0.6 is 0 Å². The molecular weight excluding hydrogens is 138 g/mol. The summed E-state index contributed by atoms with van der Waals surface area (Å²) >= 11 is 0. The standard InChI is InChI=1S/C9H19NO/c1-4-5-10-6-8(2)11-9(3)7-10/h8-9H,4-7H2,1-3H3. The predicted octanol–water partition coefficient (Wildman–Crippen LogP) is 1.51. The Balaban J connectivity index is 2.30. The molecule has 0 aliphatic carbocycles. The molecule has 2 heteroatoms. The van der Waals surface area contributed by atoms with Crippen molar-refractivity contribution in [3.63, 3.8) is 0 Å². The molecule has 1 saturated heterocycles. The van der Waals surface area contributed by atoms with Crippen molar-refractivity contribution < 1.29 is 4.74 Å².